The molecule has 1 saturated carbocycles. The van der Waals surface area contributed by atoms with Crippen LogP contribution in [0.4, 0.5) is 0 Å². The lowest BCUT2D eigenvalue weighted by molar-refractivity contribution is -0.140. The number of aliphatic hydroxyl groups excluding tert-OH is 1. The van der Waals surface area contributed by atoms with Gasteiger partial charge in [0.2, 0.25) is 5.91 Å². The van der Waals surface area contributed by atoms with Gasteiger partial charge in [0, 0.05) is 21.5 Å². The molecule has 1 fully saturated rings. The summed E-state index contributed by atoms with van der Waals surface area (Å²) in [5.74, 6) is -0.421. The van der Waals surface area contributed by atoms with E-state index in [1.807, 2.05) is 17.7 Å². The number of carbonyl (C=O) groups excluding carboxylic acids is 2. The third kappa shape index (κ3) is 2.84. The van der Waals surface area contributed by atoms with E-state index in [-0.39, 0.29) is 23.9 Å². The van der Waals surface area contributed by atoms with E-state index in [4.69, 9.17) is 0 Å². The van der Waals surface area contributed by atoms with Gasteiger partial charge in [-0.25, -0.2) is 0 Å². The van der Waals surface area contributed by atoms with Crippen LogP contribution in [0.1, 0.15) is 36.6 Å². The fourth-order valence-electron chi connectivity index (χ4n) is 4.43. The van der Waals surface area contributed by atoms with Gasteiger partial charge in [-0.3, -0.25) is 9.59 Å². The molecule has 3 aliphatic rings. The van der Waals surface area contributed by atoms with Gasteiger partial charge in [-0.05, 0) is 30.5 Å². The lowest BCUT2D eigenvalue weighted by atomic mass is 9.88. The molecule has 0 saturated heterocycles. The van der Waals surface area contributed by atoms with Crippen molar-refractivity contribution in [1.82, 2.24) is 15.5 Å². The zero-order valence-electron chi connectivity index (χ0n) is 14.7. The van der Waals surface area contributed by atoms with Gasteiger partial charge < -0.3 is 20.6 Å². The van der Waals surface area contributed by atoms with Crippen molar-refractivity contribution in [1.29, 1.82) is 0 Å². The highest BCUT2D eigenvalue weighted by atomic mass is 32.2. The summed E-state index contributed by atoms with van der Waals surface area (Å²) < 4.78 is 0. The zero-order valence-corrected chi connectivity index (χ0v) is 16.3. The number of amides is 2. The first kappa shape index (κ1) is 17.9. The summed E-state index contributed by atoms with van der Waals surface area (Å²) in [7, 11) is 0. The van der Waals surface area contributed by atoms with E-state index in [2.05, 4.69) is 10.6 Å². The fraction of sp³-hybridized carbons (Fsp3) is 0.556. The summed E-state index contributed by atoms with van der Waals surface area (Å²) in [6.45, 7) is -0.0566. The van der Waals surface area contributed by atoms with Crippen LogP contribution in [0.25, 0.3) is 0 Å². The predicted octanol–water partition coefficient (Wildman–Crippen LogP) is 1.63. The first-order valence-corrected chi connectivity index (χ1v) is 11.1. The molecule has 140 valence electrons. The summed E-state index contributed by atoms with van der Waals surface area (Å²) >= 11 is 3.20. The van der Waals surface area contributed by atoms with Gasteiger partial charge in [0.05, 0.1) is 18.2 Å². The second-order valence-corrected chi connectivity index (χ2v) is 8.69. The number of hydrogen-bond donors (Lipinski definition) is 3. The smallest absolute Gasteiger partial charge is 0.251 e. The molecule has 0 radical (unpaired) electrons. The highest BCUT2D eigenvalue weighted by Gasteiger charge is 2.46. The molecule has 1 aliphatic carbocycles. The first-order valence-electron chi connectivity index (χ1n) is 8.97. The quantitative estimate of drug-likeness (QED) is 0.680. The van der Waals surface area contributed by atoms with E-state index in [1.54, 1.807) is 28.0 Å². The number of nitrogens with zero attached hydrogens (tertiary/aromatic N) is 1. The third-order valence-corrected chi connectivity index (χ3v) is 7.44. The lowest BCUT2D eigenvalue weighted by Crippen LogP contribution is -2.54. The normalized spacial score (nSPS) is 28.2. The average molecular weight is 394 g/mol. The topological polar surface area (TPSA) is 81.7 Å². The number of fused-ring (bicyclic) bond motifs is 1. The van der Waals surface area contributed by atoms with Crippen molar-refractivity contribution in [2.75, 3.05) is 19.4 Å². The standard InChI is InChI=1S/C18H23N3O3S2/c1-25-13-6-7-26-17(13)16-15-11(8-19-18(15)24)20-10-4-2-3-5-12(10)21(16)14(23)9-22/h6-7,10,12,16,20,22H,2-5,8-9H2,1H3,(H,19,24)/t10?,12-,16+/m1/s1. The maximum absolute atomic E-state index is 12.9. The second kappa shape index (κ2) is 7.25. The van der Waals surface area contributed by atoms with E-state index < -0.39 is 12.6 Å². The Morgan fingerprint density at radius 2 is 2.23 bits per heavy atom. The summed E-state index contributed by atoms with van der Waals surface area (Å²) in [5, 5.41) is 18.2. The van der Waals surface area contributed by atoms with Crippen LogP contribution in [-0.4, -0.2) is 53.3 Å². The Morgan fingerprint density at radius 1 is 1.42 bits per heavy atom. The summed E-state index contributed by atoms with van der Waals surface area (Å²) in [6, 6.07) is 1.72. The molecule has 0 aromatic carbocycles. The van der Waals surface area contributed by atoms with Crippen molar-refractivity contribution in [3.63, 3.8) is 0 Å². The minimum Gasteiger partial charge on any atom is -0.387 e. The van der Waals surface area contributed by atoms with E-state index in [1.165, 1.54) is 0 Å². The van der Waals surface area contributed by atoms with E-state index >= 15 is 0 Å². The molecule has 1 aromatic rings. The van der Waals surface area contributed by atoms with Crippen LogP contribution in [-0.2, 0) is 9.59 Å². The van der Waals surface area contributed by atoms with Crippen molar-refractivity contribution in [2.45, 2.75) is 48.7 Å². The van der Waals surface area contributed by atoms with Crippen LogP contribution in [0, 0.1) is 0 Å². The molecular formula is C18H23N3O3S2. The van der Waals surface area contributed by atoms with E-state index in [0.717, 1.165) is 41.2 Å². The molecule has 0 spiro atoms. The van der Waals surface area contributed by atoms with Crippen molar-refractivity contribution >= 4 is 34.9 Å². The number of nitrogens with one attached hydrogen (secondary N) is 2. The Morgan fingerprint density at radius 3 is 3.00 bits per heavy atom. The number of thiophene rings is 1. The van der Waals surface area contributed by atoms with Crippen LogP contribution in [0.3, 0.4) is 0 Å². The molecule has 3 atom stereocenters. The second-order valence-electron chi connectivity index (χ2n) is 6.89. The number of carbonyl (C=O) groups is 2. The highest BCUT2D eigenvalue weighted by molar-refractivity contribution is 7.98. The van der Waals surface area contributed by atoms with Crippen molar-refractivity contribution in [3.05, 3.63) is 27.6 Å². The molecule has 8 heteroatoms. The lowest BCUT2D eigenvalue weighted by Gasteiger charge is -2.42. The Balaban J connectivity index is 1.90. The Kier molecular flexibility index (Phi) is 4.98. The van der Waals surface area contributed by atoms with Gasteiger partial charge >= 0.3 is 0 Å². The van der Waals surface area contributed by atoms with Gasteiger partial charge in [-0.15, -0.1) is 23.1 Å². The molecule has 2 amide bonds. The molecular weight excluding hydrogens is 370 g/mol. The number of aliphatic hydroxyl groups is 1. The largest absolute Gasteiger partial charge is 0.387 e. The SMILES string of the molecule is CSc1ccsc1[C@@H]1C2=C(CNC2=O)NC2CCCC[C@H]2N1C(=O)CO. The van der Waals surface area contributed by atoms with Crippen molar-refractivity contribution in [2.24, 2.45) is 0 Å². The molecule has 4 rings (SSSR count). The zero-order chi connectivity index (χ0) is 18.3. The number of rotatable bonds is 3. The Bertz CT molecular complexity index is 761. The van der Waals surface area contributed by atoms with Crippen molar-refractivity contribution in [3.8, 4) is 0 Å². The van der Waals surface area contributed by atoms with Gasteiger partial charge in [0.15, 0.2) is 0 Å². The molecule has 1 unspecified atom stereocenters. The summed E-state index contributed by atoms with van der Waals surface area (Å²) in [4.78, 5) is 29.5. The highest BCUT2D eigenvalue weighted by Crippen LogP contribution is 2.44. The number of thioether (sulfide) groups is 1. The average Bonchev–Trinajstić information content (AvgIpc) is 3.23. The van der Waals surface area contributed by atoms with Crippen LogP contribution in [0.2, 0.25) is 0 Å². The van der Waals surface area contributed by atoms with Gasteiger partial charge in [-0.2, -0.15) is 0 Å². The maximum atomic E-state index is 12.9. The summed E-state index contributed by atoms with van der Waals surface area (Å²) in [5.41, 5.74) is 1.55. The maximum Gasteiger partial charge on any atom is 0.251 e. The Hall–Kier alpha value is -1.51. The van der Waals surface area contributed by atoms with Crippen LogP contribution in [0.15, 0.2) is 27.6 Å². The molecule has 2 aliphatic heterocycles. The molecule has 3 heterocycles. The molecule has 3 N–H and O–H groups in total. The molecule has 6 nitrogen and oxygen atoms in total. The van der Waals surface area contributed by atoms with E-state index in [0.29, 0.717) is 12.1 Å². The Labute approximate surface area is 161 Å². The van der Waals surface area contributed by atoms with Gasteiger partial charge in [0.25, 0.3) is 5.91 Å². The van der Waals surface area contributed by atoms with Gasteiger partial charge in [-0.1, -0.05) is 12.8 Å². The summed E-state index contributed by atoms with van der Waals surface area (Å²) in [6.07, 6.45) is 6.03. The van der Waals surface area contributed by atoms with Crippen LogP contribution < -0.4 is 10.6 Å². The predicted molar refractivity (Wildman–Crippen MR) is 102 cm³/mol. The molecule has 1 aromatic heterocycles. The van der Waals surface area contributed by atoms with Crippen molar-refractivity contribution < 1.29 is 14.7 Å². The monoisotopic (exact) mass is 393 g/mol. The minimum absolute atomic E-state index is 0.0105. The first-order chi connectivity index (χ1) is 12.7. The van der Waals surface area contributed by atoms with Gasteiger partial charge in [0.1, 0.15) is 12.6 Å². The third-order valence-electron chi connectivity index (χ3n) is 5.54. The van der Waals surface area contributed by atoms with E-state index in [9.17, 15) is 14.7 Å². The minimum atomic E-state index is -0.538. The number of hydrogen-bond acceptors (Lipinski definition) is 6. The fourth-order valence-corrected chi connectivity index (χ4v) is 6.32. The van der Waals surface area contributed by atoms with Crippen LogP contribution >= 0.6 is 23.1 Å². The molecule has 26 heavy (non-hydrogen) atoms. The van der Waals surface area contributed by atoms with Crippen LogP contribution in [0.5, 0.6) is 0 Å². The molecule has 0 bridgehead atoms.